The number of alkyl halides is 3. The molecular formula is C13H14F3NS. The number of thiophene rings is 1. The minimum absolute atomic E-state index is 0.403. The van der Waals surface area contributed by atoms with Crippen molar-refractivity contribution in [3.63, 3.8) is 0 Å². The lowest BCUT2D eigenvalue weighted by Gasteiger charge is -2.17. The van der Waals surface area contributed by atoms with E-state index in [1.54, 1.807) is 18.4 Å². The third-order valence-corrected chi connectivity index (χ3v) is 3.93. The maximum absolute atomic E-state index is 12.4. The molecule has 0 fully saturated rings. The lowest BCUT2D eigenvalue weighted by Crippen LogP contribution is -2.32. The minimum Gasteiger partial charge on any atom is -0.316 e. The van der Waals surface area contributed by atoms with Crippen LogP contribution in [0.5, 0.6) is 0 Å². The van der Waals surface area contributed by atoms with Crippen LogP contribution >= 0.6 is 11.3 Å². The fourth-order valence-electron chi connectivity index (χ4n) is 2.01. The Kier molecular flexibility index (Phi) is 3.92. The van der Waals surface area contributed by atoms with Gasteiger partial charge < -0.3 is 5.32 Å². The van der Waals surface area contributed by atoms with Crippen LogP contribution in [0.3, 0.4) is 0 Å². The number of fused-ring (bicyclic) bond motifs is 1. The summed E-state index contributed by atoms with van der Waals surface area (Å²) in [6.45, 7) is 0. The normalized spacial score (nSPS) is 14.0. The Balaban J connectivity index is 2.17. The Morgan fingerprint density at radius 1 is 1.28 bits per heavy atom. The van der Waals surface area contributed by atoms with Crippen LogP contribution in [-0.4, -0.2) is 19.3 Å². The van der Waals surface area contributed by atoms with Crippen molar-refractivity contribution in [1.29, 1.82) is 0 Å². The van der Waals surface area contributed by atoms with Crippen LogP contribution in [0.15, 0.2) is 29.6 Å². The van der Waals surface area contributed by atoms with Gasteiger partial charge in [0.15, 0.2) is 0 Å². The number of hydrogen-bond donors (Lipinski definition) is 1. The molecule has 1 unspecified atom stereocenters. The number of nitrogens with one attached hydrogen (secondary N) is 1. The summed E-state index contributed by atoms with van der Waals surface area (Å²) in [6, 6.07) is 7.23. The van der Waals surface area contributed by atoms with E-state index in [-0.39, 0.29) is 0 Å². The highest BCUT2D eigenvalue weighted by molar-refractivity contribution is 7.17. The van der Waals surface area contributed by atoms with Gasteiger partial charge in [0.05, 0.1) is 6.42 Å². The molecule has 2 aromatic rings. The van der Waals surface area contributed by atoms with Crippen LogP contribution in [0.1, 0.15) is 12.0 Å². The molecule has 0 amide bonds. The Morgan fingerprint density at radius 3 is 2.67 bits per heavy atom. The predicted octanol–water partition coefficient (Wildman–Crippen LogP) is 3.98. The highest BCUT2D eigenvalue weighted by Gasteiger charge is 2.31. The van der Waals surface area contributed by atoms with Gasteiger partial charge in [-0.3, -0.25) is 0 Å². The molecule has 0 aliphatic carbocycles. The highest BCUT2D eigenvalue weighted by Crippen LogP contribution is 2.29. The summed E-state index contributed by atoms with van der Waals surface area (Å²) in [6.07, 6.45) is -4.52. The molecule has 0 aliphatic rings. The van der Waals surface area contributed by atoms with Crippen LogP contribution in [-0.2, 0) is 6.42 Å². The average molecular weight is 273 g/mol. The van der Waals surface area contributed by atoms with Gasteiger partial charge in [-0.1, -0.05) is 18.2 Å². The first kappa shape index (κ1) is 13.4. The Hall–Kier alpha value is -1.07. The van der Waals surface area contributed by atoms with Crippen molar-refractivity contribution >= 4 is 21.4 Å². The van der Waals surface area contributed by atoms with Gasteiger partial charge in [0.2, 0.25) is 0 Å². The third kappa shape index (κ3) is 3.23. The van der Waals surface area contributed by atoms with Crippen molar-refractivity contribution in [3.8, 4) is 0 Å². The van der Waals surface area contributed by atoms with E-state index in [9.17, 15) is 13.2 Å². The van der Waals surface area contributed by atoms with E-state index in [4.69, 9.17) is 0 Å². The first-order chi connectivity index (χ1) is 8.49. The van der Waals surface area contributed by atoms with Gasteiger partial charge in [0.25, 0.3) is 0 Å². The maximum Gasteiger partial charge on any atom is 0.390 e. The molecule has 1 aromatic carbocycles. The summed E-state index contributed by atoms with van der Waals surface area (Å²) in [5, 5.41) is 5.76. The largest absolute Gasteiger partial charge is 0.390 e. The molecule has 2 rings (SSSR count). The van der Waals surface area contributed by atoms with E-state index in [0.29, 0.717) is 6.42 Å². The molecule has 0 saturated heterocycles. The van der Waals surface area contributed by atoms with Crippen molar-refractivity contribution in [2.75, 3.05) is 7.05 Å². The lowest BCUT2D eigenvalue weighted by atomic mass is 10.0. The number of likely N-dealkylation sites (N-methyl/N-ethyl adjacent to an activating group) is 1. The number of rotatable bonds is 4. The quantitative estimate of drug-likeness (QED) is 0.888. The molecule has 1 atom stereocenters. The minimum atomic E-state index is -4.13. The van der Waals surface area contributed by atoms with E-state index >= 15 is 0 Å². The fourth-order valence-corrected chi connectivity index (χ4v) is 2.99. The van der Waals surface area contributed by atoms with Gasteiger partial charge in [-0.05, 0) is 35.9 Å². The summed E-state index contributed by atoms with van der Waals surface area (Å²) < 4.78 is 38.3. The van der Waals surface area contributed by atoms with Gasteiger partial charge in [0, 0.05) is 10.7 Å². The summed E-state index contributed by atoms with van der Waals surface area (Å²) in [5.74, 6) is 0. The highest BCUT2D eigenvalue weighted by atomic mass is 32.1. The zero-order valence-electron chi connectivity index (χ0n) is 9.92. The SMILES string of the molecule is CNC(Cc1csc2ccccc12)CC(F)(F)F. The van der Waals surface area contributed by atoms with E-state index in [2.05, 4.69) is 5.32 Å². The van der Waals surface area contributed by atoms with E-state index in [0.717, 1.165) is 15.6 Å². The second kappa shape index (κ2) is 5.28. The van der Waals surface area contributed by atoms with Crippen molar-refractivity contribution < 1.29 is 13.2 Å². The van der Waals surface area contributed by atoms with Gasteiger partial charge in [-0.25, -0.2) is 0 Å². The van der Waals surface area contributed by atoms with E-state index in [1.807, 2.05) is 29.6 Å². The monoisotopic (exact) mass is 273 g/mol. The molecule has 5 heteroatoms. The molecule has 18 heavy (non-hydrogen) atoms. The van der Waals surface area contributed by atoms with Crippen LogP contribution in [0, 0.1) is 0 Å². The smallest absolute Gasteiger partial charge is 0.316 e. The second-order valence-electron chi connectivity index (χ2n) is 4.27. The van der Waals surface area contributed by atoms with Gasteiger partial charge in [-0.15, -0.1) is 11.3 Å². The van der Waals surface area contributed by atoms with Gasteiger partial charge >= 0.3 is 6.18 Å². The van der Waals surface area contributed by atoms with Crippen LogP contribution in [0.4, 0.5) is 13.2 Å². The fraction of sp³-hybridized carbons (Fsp3) is 0.385. The third-order valence-electron chi connectivity index (χ3n) is 2.91. The maximum atomic E-state index is 12.4. The lowest BCUT2D eigenvalue weighted by molar-refractivity contribution is -0.139. The Bertz CT molecular complexity index is 518. The van der Waals surface area contributed by atoms with Gasteiger partial charge in [0.1, 0.15) is 0 Å². The zero-order chi connectivity index (χ0) is 13.2. The van der Waals surface area contributed by atoms with Crippen molar-refractivity contribution in [2.24, 2.45) is 0 Å². The van der Waals surface area contributed by atoms with Crippen molar-refractivity contribution in [1.82, 2.24) is 5.32 Å². The average Bonchev–Trinajstić information content (AvgIpc) is 2.70. The van der Waals surface area contributed by atoms with Crippen molar-refractivity contribution in [3.05, 3.63) is 35.2 Å². The summed E-state index contributed by atoms with van der Waals surface area (Å²) >= 11 is 1.58. The molecule has 0 radical (unpaired) electrons. The molecular weight excluding hydrogens is 259 g/mol. The Morgan fingerprint density at radius 2 is 2.00 bits per heavy atom. The molecule has 0 bridgehead atoms. The van der Waals surface area contributed by atoms with Crippen LogP contribution < -0.4 is 5.32 Å². The molecule has 1 heterocycles. The summed E-state index contributed by atoms with van der Waals surface area (Å²) in [5.41, 5.74) is 0.985. The summed E-state index contributed by atoms with van der Waals surface area (Å²) in [4.78, 5) is 0. The molecule has 0 aliphatic heterocycles. The number of benzene rings is 1. The van der Waals surface area contributed by atoms with E-state index < -0.39 is 18.6 Å². The molecule has 1 nitrogen and oxygen atoms in total. The first-order valence-corrected chi connectivity index (χ1v) is 6.56. The molecule has 0 saturated carbocycles. The zero-order valence-corrected chi connectivity index (χ0v) is 10.7. The molecule has 1 aromatic heterocycles. The first-order valence-electron chi connectivity index (χ1n) is 5.69. The van der Waals surface area contributed by atoms with Crippen LogP contribution in [0.2, 0.25) is 0 Å². The Labute approximate surface area is 108 Å². The standard InChI is InChI=1S/C13H14F3NS/c1-17-10(7-13(14,15)16)6-9-8-18-12-5-3-2-4-11(9)12/h2-5,8,10,17H,6-7H2,1H3. The predicted molar refractivity (Wildman–Crippen MR) is 69.0 cm³/mol. The number of halogens is 3. The van der Waals surface area contributed by atoms with E-state index in [1.165, 1.54) is 0 Å². The molecule has 1 N–H and O–H groups in total. The van der Waals surface area contributed by atoms with Gasteiger partial charge in [-0.2, -0.15) is 13.2 Å². The van der Waals surface area contributed by atoms with Crippen molar-refractivity contribution in [2.45, 2.75) is 25.1 Å². The summed E-state index contributed by atoms with van der Waals surface area (Å²) in [7, 11) is 1.57. The number of hydrogen-bond acceptors (Lipinski definition) is 2. The molecule has 98 valence electrons. The topological polar surface area (TPSA) is 12.0 Å². The molecule has 0 spiro atoms. The second-order valence-corrected chi connectivity index (χ2v) is 5.18. The van der Waals surface area contributed by atoms with Crippen LogP contribution in [0.25, 0.3) is 10.1 Å².